The van der Waals surface area contributed by atoms with Crippen molar-refractivity contribution >= 4 is 21.8 Å². The monoisotopic (exact) mass is 301 g/mol. The highest BCUT2D eigenvalue weighted by molar-refractivity contribution is 9.10. The second kappa shape index (κ2) is 6.21. The van der Waals surface area contributed by atoms with Gasteiger partial charge in [-0.15, -0.1) is 0 Å². The van der Waals surface area contributed by atoms with E-state index in [0.29, 0.717) is 5.91 Å². The van der Waals surface area contributed by atoms with Crippen molar-refractivity contribution in [2.75, 3.05) is 13.1 Å². The van der Waals surface area contributed by atoms with Crippen molar-refractivity contribution in [3.05, 3.63) is 0 Å². The maximum Gasteiger partial charge on any atom is 0.236 e. The molecule has 3 heteroatoms. The first-order valence-corrected chi connectivity index (χ1v) is 8.01. The molecule has 0 aromatic rings. The Morgan fingerprint density at radius 1 is 1.24 bits per heavy atom. The quantitative estimate of drug-likeness (QED) is 0.730. The molecular weight excluding hydrogens is 278 g/mol. The van der Waals surface area contributed by atoms with Gasteiger partial charge in [-0.25, -0.2) is 0 Å². The molecule has 0 radical (unpaired) electrons. The fourth-order valence-electron chi connectivity index (χ4n) is 3.07. The molecule has 1 aliphatic carbocycles. The third-order valence-electron chi connectivity index (χ3n) is 4.41. The van der Waals surface area contributed by atoms with Gasteiger partial charge < -0.3 is 4.90 Å². The highest BCUT2D eigenvalue weighted by Crippen LogP contribution is 2.30. The number of halogens is 1. The lowest BCUT2D eigenvalue weighted by molar-refractivity contribution is -0.132. The molecule has 1 saturated heterocycles. The third-order valence-corrected chi connectivity index (χ3v) is 5.26. The first-order valence-electron chi connectivity index (χ1n) is 7.09. The van der Waals surface area contributed by atoms with E-state index in [-0.39, 0.29) is 4.83 Å². The second-order valence-corrected chi connectivity index (χ2v) is 6.95. The van der Waals surface area contributed by atoms with Gasteiger partial charge in [0.1, 0.15) is 0 Å². The lowest BCUT2D eigenvalue weighted by atomic mass is 9.81. The summed E-state index contributed by atoms with van der Waals surface area (Å²) in [5, 5.41) is 0. The van der Waals surface area contributed by atoms with Crippen LogP contribution in [0.1, 0.15) is 51.9 Å². The molecule has 1 aliphatic heterocycles. The minimum atomic E-state index is 0.0858. The minimum absolute atomic E-state index is 0.0858. The van der Waals surface area contributed by atoms with Crippen LogP contribution in [0, 0.1) is 11.8 Å². The molecule has 2 aliphatic rings. The van der Waals surface area contributed by atoms with E-state index in [9.17, 15) is 4.79 Å². The molecule has 1 saturated carbocycles. The summed E-state index contributed by atoms with van der Waals surface area (Å²) in [4.78, 5) is 14.1. The largest absolute Gasteiger partial charge is 0.342 e. The number of piperidine rings is 1. The van der Waals surface area contributed by atoms with Crippen LogP contribution in [0.15, 0.2) is 0 Å². The summed E-state index contributed by atoms with van der Waals surface area (Å²) in [6, 6.07) is 0. The van der Waals surface area contributed by atoms with E-state index in [2.05, 4.69) is 27.8 Å². The van der Waals surface area contributed by atoms with Crippen LogP contribution in [-0.4, -0.2) is 28.7 Å². The Kier molecular flexibility index (Phi) is 4.89. The fourth-order valence-corrected chi connectivity index (χ4v) is 3.68. The number of likely N-dealkylation sites (tertiary alicyclic amines) is 1. The van der Waals surface area contributed by atoms with Crippen LogP contribution >= 0.6 is 15.9 Å². The summed E-state index contributed by atoms with van der Waals surface area (Å²) in [5.74, 6) is 2.12. The SMILES string of the molecule is CC1CCC(CCN2CCCC(Br)C2=O)CC1. The number of alkyl halides is 1. The van der Waals surface area contributed by atoms with Gasteiger partial charge >= 0.3 is 0 Å². The van der Waals surface area contributed by atoms with E-state index in [4.69, 9.17) is 0 Å². The Labute approximate surface area is 113 Å². The summed E-state index contributed by atoms with van der Waals surface area (Å²) in [6.07, 6.45) is 8.92. The second-order valence-electron chi connectivity index (χ2n) is 5.85. The summed E-state index contributed by atoms with van der Waals surface area (Å²) < 4.78 is 0. The predicted molar refractivity (Wildman–Crippen MR) is 74.3 cm³/mol. The van der Waals surface area contributed by atoms with E-state index in [1.165, 1.54) is 32.1 Å². The number of hydrogen-bond acceptors (Lipinski definition) is 1. The predicted octanol–water partition coefficient (Wildman–Crippen LogP) is 3.59. The van der Waals surface area contributed by atoms with Crippen molar-refractivity contribution in [3.8, 4) is 0 Å². The molecule has 17 heavy (non-hydrogen) atoms. The Morgan fingerprint density at radius 2 is 1.94 bits per heavy atom. The van der Waals surface area contributed by atoms with E-state index in [0.717, 1.165) is 37.8 Å². The van der Waals surface area contributed by atoms with Gasteiger partial charge in [0.05, 0.1) is 4.83 Å². The summed E-state index contributed by atoms with van der Waals surface area (Å²) in [6.45, 7) is 4.32. The molecule has 0 N–H and O–H groups in total. The van der Waals surface area contributed by atoms with Gasteiger partial charge in [0.15, 0.2) is 0 Å². The zero-order valence-electron chi connectivity index (χ0n) is 10.8. The molecule has 1 amide bonds. The van der Waals surface area contributed by atoms with Crippen LogP contribution in [0.3, 0.4) is 0 Å². The minimum Gasteiger partial charge on any atom is -0.342 e. The molecule has 0 aromatic carbocycles. The number of hydrogen-bond donors (Lipinski definition) is 0. The number of carbonyl (C=O) groups excluding carboxylic acids is 1. The summed E-state index contributed by atoms with van der Waals surface area (Å²) in [5.41, 5.74) is 0. The molecule has 0 aromatic heterocycles. The topological polar surface area (TPSA) is 20.3 Å². The molecule has 98 valence electrons. The van der Waals surface area contributed by atoms with Gasteiger partial charge in [-0.3, -0.25) is 4.79 Å². The van der Waals surface area contributed by atoms with E-state index >= 15 is 0 Å². The molecular formula is C14H24BrNO. The maximum atomic E-state index is 11.9. The smallest absolute Gasteiger partial charge is 0.236 e. The van der Waals surface area contributed by atoms with Crippen LogP contribution in [-0.2, 0) is 4.79 Å². The molecule has 1 unspecified atom stereocenters. The average molecular weight is 302 g/mol. The van der Waals surface area contributed by atoms with Crippen LogP contribution < -0.4 is 0 Å². The Balaban J connectivity index is 1.72. The molecule has 2 nitrogen and oxygen atoms in total. The maximum absolute atomic E-state index is 11.9. The van der Waals surface area contributed by atoms with Gasteiger partial charge in [0.25, 0.3) is 0 Å². The molecule has 0 spiro atoms. The summed E-state index contributed by atoms with van der Waals surface area (Å²) in [7, 11) is 0. The van der Waals surface area contributed by atoms with Crippen molar-refractivity contribution in [3.63, 3.8) is 0 Å². The fraction of sp³-hybridized carbons (Fsp3) is 0.929. The first-order chi connectivity index (χ1) is 8.16. The number of rotatable bonds is 3. The first kappa shape index (κ1) is 13.4. The van der Waals surface area contributed by atoms with Crippen LogP contribution in [0.2, 0.25) is 0 Å². The van der Waals surface area contributed by atoms with Crippen molar-refractivity contribution in [2.45, 2.75) is 56.7 Å². The van der Waals surface area contributed by atoms with Gasteiger partial charge in [-0.2, -0.15) is 0 Å². The average Bonchev–Trinajstić information content (AvgIpc) is 2.33. The molecule has 0 bridgehead atoms. The summed E-state index contributed by atoms with van der Waals surface area (Å²) >= 11 is 3.48. The van der Waals surface area contributed by atoms with E-state index in [1.807, 2.05) is 0 Å². The number of nitrogens with zero attached hydrogens (tertiary/aromatic N) is 1. The van der Waals surface area contributed by atoms with Gasteiger partial charge in [0, 0.05) is 13.1 Å². The van der Waals surface area contributed by atoms with Crippen molar-refractivity contribution in [2.24, 2.45) is 11.8 Å². The van der Waals surface area contributed by atoms with Gasteiger partial charge in [-0.1, -0.05) is 48.5 Å². The molecule has 1 atom stereocenters. The van der Waals surface area contributed by atoms with Crippen molar-refractivity contribution < 1.29 is 4.79 Å². The molecule has 2 rings (SSSR count). The zero-order valence-corrected chi connectivity index (χ0v) is 12.4. The van der Waals surface area contributed by atoms with Crippen LogP contribution in [0.25, 0.3) is 0 Å². The van der Waals surface area contributed by atoms with Gasteiger partial charge in [0.2, 0.25) is 5.91 Å². The van der Waals surface area contributed by atoms with Crippen molar-refractivity contribution in [1.29, 1.82) is 0 Å². The number of amides is 1. The van der Waals surface area contributed by atoms with Crippen molar-refractivity contribution in [1.82, 2.24) is 4.90 Å². The van der Waals surface area contributed by atoms with Crippen LogP contribution in [0.4, 0.5) is 0 Å². The normalized spacial score (nSPS) is 35.1. The van der Waals surface area contributed by atoms with Crippen LogP contribution in [0.5, 0.6) is 0 Å². The molecule has 2 fully saturated rings. The third kappa shape index (κ3) is 3.70. The zero-order chi connectivity index (χ0) is 12.3. The van der Waals surface area contributed by atoms with E-state index in [1.54, 1.807) is 0 Å². The Morgan fingerprint density at radius 3 is 2.65 bits per heavy atom. The Bertz CT molecular complexity index is 261. The van der Waals surface area contributed by atoms with Gasteiger partial charge in [-0.05, 0) is 31.1 Å². The highest BCUT2D eigenvalue weighted by atomic mass is 79.9. The highest BCUT2D eigenvalue weighted by Gasteiger charge is 2.27. The number of carbonyl (C=O) groups is 1. The molecule has 1 heterocycles. The Hall–Kier alpha value is -0.0500. The standard InChI is InChI=1S/C14H24BrNO/c1-11-4-6-12(7-5-11)8-10-16-9-2-3-13(15)14(16)17/h11-13H,2-10H2,1H3. The lowest BCUT2D eigenvalue weighted by Gasteiger charge is -2.32. The lowest BCUT2D eigenvalue weighted by Crippen LogP contribution is -2.42. The van der Waals surface area contributed by atoms with E-state index < -0.39 is 0 Å².